The summed E-state index contributed by atoms with van der Waals surface area (Å²) in [4.78, 5) is 5.50. The van der Waals surface area contributed by atoms with Gasteiger partial charge in [-0.05, 0) is 35.0 Å². The van der Waals surface area contributed by atoms with Crippen LogP contribution in [0.25, 0.3) is 0 Å². The van der Waals surface area contributed by atoms with E-state index in [0.717, 1.165) is 21.3 Å². The van der Waals surface area contributed by atoms with Gasteiger partial charge in [-0.15, -0.1) is 11.3 Å². The van der Waals surface area contributed by atoms with Crippen molar-refractivity contribution in [1.29, 1.82) is 0 Å². The molecule has 0 aliphatic rings. The van der Waals surface area contributed by atoms with E-state index >= 15 is 0 Å². The molecule has 0 spiro atoms. The number of aryl methyl sites for hydroxylation is 1. The number of rotatable bonds is 3. The number of anilines is 1. The lowest BCUT2D eigenvalue weighted by Gasteiger charge is -1.97. The molecule has 3 nitrogen and oxygen atoms in total. The van der Waals surface area contributed by atoms with E-state index in [1.54, 1.807) is 11.3 Å². The van der Waals surface area contributed by atoms with Crippen LogP contribution in [0.5, 0.6) is 0 Å². The van der Waals surface area contributed by atoms with Crippen molar-refractivity contribution in [1.82, 2.24) is 9.36 Å². The van der Waals surface area contributed by atoms with Crippen LogP contribution >= 0.6 is 38.8 Å². The molecule has 0 saturated carbocycles. The highest BCUT2D eigenvalue weighted by atomic mass is 79.9. The minimum atomic E-state index is 0.810. The zero-order chi connectivity index (χ0) is 9.97. The van der Waals surface area contributed by atoms with Crippen LogP contribution < -0.4 is 5.32 Å². The van der Waals surface area contributed by atoms with Gasteiger partial charge in [0.1, 0.15) is 5.82 Å². The third-order valence-corrected chi connectivity index (χ3v) is 3.96. The van der Waals surface area contributed by atoms with Gasteiger partial charge >= 0.3 is 0 Å². The molecule has 0 saturated heterocycles. The fourth-order valence-corrected chi connectivity index (χ4v) is 2.97. The molecule has 0 amide bonds. The third-order valence-electron chi connectivity index (χ3n) is 1.57. The Bertz CT molecular complexity index is 383. The molecule has 0 fully saturated rings. The lowest BCUT2D eigenvalue weighted by molar-refractivity contribution is 1.12. The number of thiophene rings is 1. The highest BCUT2D eigenvalue weighted by Gasteiger charge is 2.01. The average Bonchev–Trinajstić information content (AvgIpc) is 2.72. The van der Waals surface area contributed by atoms with E-state index in [2.05, 4.69) is 36.7 Å². The van der Waals surface area contributed by atoms with Crippen molar-refractivity contribution in [3.63, 3.8) is 0 Å². The van der Waals surface area contributed by atoms with Crippen LogP contribution in [-0.4, -0.2) is 9.36 Å². The number of hydrogen-bond acceptors (Lipinski definition) is 5. The minimum absolute atomic E-state index is 0.810. The number of nitrogens with zero attached hydrogens (tertiary/aromatic N) is 2. The molecule has 2 aromatic heterocycles. The Balaban J connectivity index is 1.94. The van der Waals surface area contributed by atoms with E-state index < -0.39 is 0 Å². The van der Waals surface area contributed by atoms with Gasteiger partial charge in [-0.1, -0.05) is 0 Å². The lowest BCUT2D eigenvalue weighted by Crippen LogP contribution is -1.96. The Morgan fingerprint density at radius 3 is 2.93 bits per heavy atom. The van der Waals surface area contributed by atoms with Crippen molar-refractivity contribution >= 4 is 43.9 Å². The van der Waals surface area contributed by atoms with Crippen LogP contribution in [0.4, 0.5) is 5.13 Å². The highest BCUT2D eigenvalue weighted by Crippen LogP contribution is 2.23. The summed E-state index contributed by atoms with van der Waals surface area (Å²) in [5.41, 5.74) is 0. The fraction of sp³-hybridized carbons (Fsp3) is 0.250. The van der Waals surface area contributed by atoms with Crippen LogP contribution in [0.15, 0.2) is 15.9 Å². The summed E-state index contributed by atoms with van der Waals surface area (Å²) in [6.45, 7) is 2.70. The maximum atomic E-state index is 4.22. The van der Waals surface area contributed by atoms with Gasteiger partial charge in [0.2, 0.25) is 5.13 Å². The zero-order valence-electron chi connectivity index (χ0n) is 7.45. The first-order valence-corrected chi connectivity index (χ1v) is 6.41. The predicted molar refractivity (Wildman–Crippen MR) is 64.0 cm³/mol. The fourth-order valence-electron chi connectivity index (χ4n) is 0.978. The van der Waals surface area contributed by atoms with Crippen LogP contribution in [-0.2, 0) is 6.54 Å². The molecular weight excluding hydrogens is 282 g/mol. The Morgan fingerprint density at radius 2 is 2.36 bits per heavy atom. The van der Waals surface area contributed by atoms with Crippen LogP contribution in [0.3, 0.4) is 0 Å². The van der Waals surface area contributed by atoms with Gasteiger partial charge in [0.25, 0.3) is 0 Å². The molecule has 2 heterocycles. The zero-order valence-corrected chi connectivity index (χ0v) is 10.7. The molecule has 0 aromatic carbocycles. The molecular formula is C8H8BrN3S2. The predicted octanol–water partition coefficient (Wildman–Crippen LogP) is 3.28. The molecule has 14 heavy (non-hydrogen) atoms. The first-order valence-electron chi connectivity index (χ1n) is 4.02. The maximum Gasteiger partial charge on any atom is 0.202 e. The van der Waals surface area contributed by atoms with E-state index in [1.165, 1.54) is 16.4 Å². The molecule has 2 rings (SSSR count). The molecule has 6 heteroatoms. The first kappa shape index (κ1) is 10.1. The van der Waals surface area contributed by atoms with Gasteiger partial charge in [-0.25, -0.2) is 4.98 Å². The quantitative estimate of drug-likeness (QED) is 0.942. The largest absolute Gasteiger partial charge is 0.355 e. The summed E-state index contributed by atoms with van der Waals surface area (Å²) in [6, 6.07) is 4.14. The topological polar surface area (TPSA) is 37.8 Å². The number of hydrogen-bond donors (Lipinski definition) is 1. The second kappa shape index (κ2) is 4.37. The van der Waals surface area contributed by atoms with Crippen LogP contribution in [0.1, 0.15) is 10.7 Å². The Kier molecular flexibility index (Phi) is 3.15. The van der Waals surface area contributed by atoms with Gasteiger partial charge in [-0.3, -0.25) is 0 Å². The average molecular weight is 290 g/mol. The molecule has 1 N–H and O–H groups in total. The van der Waals surface area contributed by atoms with Gasteiger partial charge < -0.3 is 5.32 Å². The summed E-state index contributed by atoms with van der Waals surface area (Å²) in [7, 11) is 0. The van der Waals surface area contributed by atoms with Crippen LogP contribution in [0.2, 0.25) is 0 Å². The molecule has 0 atom stereocenters. The summed E-state index contributed by atoms with van der Waals surface area (Å²) in [6.07, 6.45) is 0. The summed E-state index contributed by atoms with van der Waals surface area (Å²) >= 11 is 6.55. The van der Waals surface area contributed by atoms with Gasteiger partial charge in [-0.2, -0.15) is 4.37 Å². The molecule has 74 valence electrons. The first-order chi connectivity index (χ1) is 6.74. The summed E-state index contributed by atoms with van der Waals surface area (Å²) in [5.74, 6) is 0.824. The van der Waals surface area contributed by atoms with Gasteiger partial charge in [0.05, 0.1) is 10.3 Å². The van der Waals surface area contributed by atoms with E-state index in [9.17, 15) is 0 Å². The monoisotopic (exact) mass is 289 g/mol. The smallest absolute Gasteiger partial charge is 0.202 e. The highest BCUT2D eigenvalue weighted by molar-refractivity contribution is 9.11. The standard InChI is InChI=1S/C8H8BrN3S2/c1-5-11-8(14-12-5)10-4-6-2-3-7(9)13-6/h2-3H,4H2,1H3,(H,10,11,12). The van der Waals surface area contributed by atoms with Gasteiger partial charge in [0, 0.05) is 16.4 Å². The third kappa shape index (κ3) is 2.52. The molecule has 0 aliphatic carbocycles. The summed E-state index contributed by atoms with van der Waals surface area (Å²) in [5, 5.41) is 4.11. The number of aromatic nitrogens is 2. The lowest BCUT2D eigenvalue weighted by atomic mass is 10.5. The Labute approximate surface area is 98.5 Å². The Hall–Kier alpha value is -0.460. The van der Waals surface area contributed by atoms with Crippen molar-refractivity contribution in [3.8, 4) is 0 Å². The van der Waals surface area contributed by atoms with Crippen LogP contribution in [0, 0.1) is 6.92 Å². The summed E-state index contributed by atoms with van der Waals surface area (Å²) < 4.78 is 5.25. The van der Waals surface area contributed by atoms with Crippen molar-refractivity contribution in [2.45, 2.75) is 13.5 Å². The van der Waals surface area contributed by atoms with Crippen molar-refractivity contribution in [2.75, 3.05) is 5.32 Å². The maximum absolute atomic E-state index is 4.22. The van der Waals surface area contributed by atoms with E-state index in [1.807, 2.05) is 13.0 Å². The van der Waals surface area contributed by atoms with E-state index in [4.69, 9.17) is 0 Å². The van der Waals surface area contributed by atoms with Gasteiger partial charge in [0.15, 0.2) is 0 Å². The van der Waals surface area contributed by atoms with Crippen molar-refractivity contribution < 1.29 is 0 Å². The second-order valence-corrected chi connectivity index (χ2v) is 6.01. The molecule has 0 unspecified atom stereocenters. The SMILES string of the molecule is Cc1nsc(NCc2ccc(Br)s2)n1. The number of halogens is 1. The Morgan fingerprint density at radius 1 is 1.50 bits per heavy atom. The molecule has 0 bridgehead atoms. The minimum Gasteiger partial charge on any atom is -0.355 e. The number of nitrogens with one attached hydrogen (secondary N) is 1. The molecule has 2 aromatic rings. The van der Waals surface area contributed by atoms with Crippen molar-refractivity contribution in [2.24, 2.45) is 0 Å². The normalized spacial score (nSPS) is 10.4. The van der Waals surface area contributed by atoms with E-state index in [0.29, 0.717) is 0 Å². The van der Waals surface area contributed by atoms with Crippen molar-refractivity contribution in [3.05, 3.63) is 26.6 Å². The van der Waals surface area contributed by atoms with E-state index in [-0.39, 0.29) is 0 Å². The molecule has 0 aliphatic heterocycles. The second-order valence-electron chi connectivity index (χ2n) is 2.71. The molecule has 0 radical (unpaired) electrons.